The number of aromatic carboxylic acids is 1. The molecule has 1 amide bonds. The van der Waals surface area contributed by atoms with E-state index in [0.29, 0.717) is 50.8 Å². The van der Waals surface area contributed by atoms with E-state index in [0.717, 1.165) is 16.7 Å². The number of amides is 1. The normalized spacial score (nSPS) is 14.1. The minimum atomic E-state index is -3.21. The largest absolute Gasteiger partial charge is 0.492 e. The number of anilines is 1. The molecular weight excluding hydrogens is 594 g/mol. The van der Waals surface area contributed by atoms with Crippen LogP contribution in [-0.4, -0.2) is 80.2 Å². The molecule has 5 rings (SSSR count). The highest BCUT2D eigenvalue weighted by atomic mass is 32.2. The van der Waals surface area contributed by atoms with E-state index in [2.05, 4.69) is 10.2 Å². The molecule has 1 fully saturated rings. The first-order valence-electron chi connectivity index (χ1n) is 14.5. The van der Waals surface area contributed by atoms with Crippen LogP contribution in [0.25, 0.3) is 11.1 Å². The van der Waals surface area contributed by atoms with Gasteiger partial charge in [-0.15, -0.1) is 0 Å². The molecule has 0 saturated carbocycles. The number of hydrogen-bond acceptors (Lipinski definition) is 7. The topological polar surface area (TPSA) is 125 Å². The van der Waals surface area contributed by atoms with Gasteiger partial charge in [0.25, 0.3) is 5.91 Å². The summed E-state index contributed by atoms with van der Waals surface area (Å²) in [5, 5.41) is 12.6. The maximum atomic E-state index is 13.8. The van der Waals surface area contributed by atoms with Crippen LogP contribution in [0.15, 0.2) is 97.1 Å². The fourth-order valence-electron chi connectivity index (χ4n) is 5.05. The number of carbonyl (C=O) groups excluding carboxylic acids is 1. The van der Waals surface area contributed by atoms with E-state index in [1.165, 1.54) is 16.6 Å². The summed E-state index contributed by atoms with van der Waals surface area (Å²) in [5.41, 5.74) is 2.85. The molecule has 0 spiro atoms. The number of rotatable bonds is 12. The maximum absolute atomic E-state index is 13.8. The molecule has 0 unspecified atom stereocenters. The van der Waals surface area contributed by atoms with Gasteiger partial charge in [0.05, 0.1) is 23.1 Å². The number of piperazine rings is 1. The quantitative estimate of drug-likeness (QED) is 0.228. The summed E-state index contributed by atoms with van der Waals surface area (Å²) in [7, 11) is -3.21. The average molecular weight is 630 g/mol. The van der Waals surface area contributed by atoms with E-state index in [1.54, 1.807) is 30.3 Å². The van der Waals surface area contributed by atoms with E-state index < -0.39 is 21.9 Å². The summed E-state index contributed by atoms with van der Waals surface area (Å²) in [4.78, 5) is 27.9. The summed E-state index contributed by atoms with van der Waals surface area (Å²) in [6.07, 6.45) is 1.22. The Morgan fingerprint density at radius 2 is 1.49 bits per heavy atom. The second kappa shape index (κ2) is 14.4. The maximum Gasteiger partial charge on any atom is 0.337 e. The zero-order chi connectivity index (χ0) is 31.8. The van der Waals surface area contributed by atoms with Gasteiger partial charge < -0.3 is 19.9 Å². The molecule has 1 heterocycles. The molecule has 45 heavy (non-hydrogen) atoms. The summed E-state index contributed by atoms with van der Waals surface area (Å²) in [6.45, 7) is 3.20. The van der Waals surface area contributed by atoms with E-state index in [4.69, 9.17) is 9.47 Å². The zero-order valence-electron chi connectivity index (χ0n) is 24.9. The van der Waals surface area contributed by atoms with Crippen molar-refractivity contribution in [1.82, 2.24) is 9.21 Å². The molecule has 1 saturated heterocycles. The summed E-state index contributed by atoms with van der Waals surface area (Å²) in [6, 6.07) is 28.8. The van der Waals surface area contributed by atoms with Crippen LogP contribution in [0.2, 0.25) is 0 Å². The van der Waals surface area contributed by atoms with Gasteiger partial charge in [0.1, 0.15) is 24.7 Å². The second-order valence-corrected chi connectivity index (χ2v) is 12.7. The second-order valence-electron chi connectivity index (χ2n) is 10.7. The van der Waals surface area contributed by atoms with Gasteiger partial charge in [-0.1, -0.05) is 66.7 Å². The van der Waals surface area contributed by atoms with Crippen LogP contribution < -0.4 is 14.8 Å². The highest BCUT2D eigenvalue weighted by Crippen LogP contribution is 2.30. The van der Waals surface area contributed by atoms with Crippen molar-refractivity contribution in [3.63, 3.8) is 0 Å². The van der Waals surface area contributed by atoms with Gasteiger partial charge >= 0.3 is 5.97 Å². The third kappa shape index (κ3) is 8.48. The van der Waals surface area contributed by atoms with Crippen LogP contribution in [0.1, 0.15) is 26.3 Å². The van der Waals surface area contributed by atoms with Gasteiger partial charge in [0.2, 0.25) is 10.0 Å². The Hall–Kier alpha value is -4.71. The summed E-state index contributed by atoms with van der Waals surface area (Å²) in [5.74, 6) is -0.955. The Kier molecular flexibility index (Phi) is 10.1. The number of nitrogens with zero attached hydrogens (tertiary/aromatic N) is 2. The van der Waals surface area contributed by atoms with Gasteiger partial charge in [0.15, 0.2) is 0 Å². The lowest BCUT2D eigenvalue weighted by Crippen LogP contribution is -2.49. The van der Waals surface area contributed by atoms with Gasteiger partial charge in [-0.25, -0.2) is 13.2 Å². The number of benzene rings is 4. The third-order valence-corrected chi connectivity index (χ3v) is 8.82. The van der Waals surface area contributed by atoms with Crippen molar-refractivity contribution in [2.24, 2.45) is 0 Å². The summed E-state index contributed by atoms with van der Waals surface area (Å²) < 4.78 is 37.1. The Morgan fingerprint density at radius 3 is 2.16 bits per heavy atom. The van der Waals surface area contributed by atoms with Gasteiger partial charge in [-0.3, -0.25) is 9.69 Å². The fraction of sp³-hybridized carbons (Fsp3) is 0.235. The van der Waals surface area contributed by atoms with Crippen LogP contribution in [0.5, 0.6) is 11.5 Å². The number of ether oxygens (including phenoxy) is 2. The highest BCUT2D eigenvalue weighted by molar-refractivity contribution is 7.88. The molecule has 4 aromatic carbocycles. The number of nitrogens with one attached hydrogen (secondary N) is 1. The predicted molar refractivity (Wildman–Crippen MR) is 172 cm³/mol. The minimum absolute atomic E-state index is 0.0434. The van der Waals surface area contributed by atoms with E-state index >= 15 is 0 Å². The Bertz CT molecular complexity index is 1740. The number of carbonyl (C=O) groups is 2. The predicted octanol–water partition coefficient (Wildman–Crippen LogP) is 4.84. The molecule has 0 bridgehead atoms. The van der Waals surface area contributed by atoms with Crippen LogP contribution in [0, 0.1) is 0 Å². The molecule has 10 nitrogen and oxygen atoms in total. The Labute approximate surface area is 262 Å². The fourth-order valence-corrected chi connectivity index (χ4v) is 5.88. The van der Waals surface area contributed by atoms with Crippen LogP contribution in [-0.2, 0) is 16.6 Å². The lowest BCUT2D eigenvalue weighted by atomic mass is 10.0. The van der Waals surface area contributed by atoms with E-state index in [-0.39, 0.29) is 23.4 Å². The zero-order valence-corrected chi connectivity index (χ0v) is 25.7. The molecule has 2 N–H and O–H groups in total. The lowest BCUT2D eigenvalue weighted by molar-refractivity contribution is 0.0698. The molecular formula is C34H35N3O7S. The van der Waals surface area contributed by atoms with Crippen molar-refractivity contribution >= 4 is 27.6 Å². The number of carboxylic acid groups (broad SMARTS) is 1. The van der Waals surface area contributed by atoms with Crippen molar-refractivity contribution in [2.75, 3.05) is 50.9 Å². The van der Waals surface area contributed by atoms with Gasteiger partial charge in [-0.2, -0.15) is 4.31 Å². The first-order chi connectivity index (χ1) is 21.7. The number of hydrogen-bond donors (Lipinski definition) is 2. The van der Waals surface area contributed by atoms with Crippen molar-refractivity contribution in [2.45, 2.75) is 6.61 Å². The molecule has 1 aliphatic rings. The minimum Gasteiger partial charge on any atom is -0.492 e. The van der Waals surface area contributed by atoms with Crippen LogP contribution in [0.3, 0.4) is 0 Å². The number of sulfonamides is 1. The van der Waals surface area contributed by atoms with Crippen molar-refractivity contribution in [3.05, 3.63) is 114 Å². The van der Waals surface area contributed by atoms with Crippen LogP contribution in [0.4, 0.5) is 5.69 Å². The SMILES string of the molecule is CS(=O)(=O)N1CCN(CCOc2ccc(OCc3ccccc3)c(C(=O)Nc3cc(-c4ccccc4)ccc3C(=O)O)c2)CC1. The van der Waals surface area contributed by atoms with Gasteiger partial charge in [-0.05, 0) is 47.0 Å². The standard InChI is InChI=1S/C34H35N3O7S/c1-45(41,42)37-18-16-36(17-19-37)20-21-43-28-13-15-32(44-24-25-8-4-2-5-9-25)30(23-28)33(38)35-31-22-27(12-14-29(31)34(39)40)26-10-6-3-7-11-26/h2-15,22-23H,16-21,24H2,1H3,(H,35,38)(H,39,40). The Morgan fingerprint density at radius 1 is 0.800 bits per heavy atom. The molecule has 0 aromatic heterocycles. The first kappa shape index (κ1) is 31.7. The molecule has 0 atom stereocenters. The molecule has 4 aromatic rings. The summed E-state index contributed by atoms with van der Waals surface area (Å²) >= 11 is 0. The van der Waals surface area contributed by atoms with Crippen molar-refractivity contribution in [3.8, 4) is 22.6 Å². The average Bonchev–Trinajstić information content (AvgIpc) is 3.04. The Balaban J connectivity index is 1.34. The van der Waals surface area contributed by atoms with Crippen molar-refractivity contribution in [1.29, 1.82) is 0 Å². The van der Waals surface area contributed by atoms with E-state index in [9.17, 15) is 23.1 Å². The molecule has 234 valence electrons. The third-order valence-electron chi connectivity index (χ3n) is 7.51. The monoisotopic (exact) mass is 629 g/mol. The molecule has 11 heteroatoms. The molecule has 0 radical (unpaired) electrons. The van der Waals surface area contributed by atoms with Crippen molar-refractivity contribution < 1.29 is 32.6 Å². The van der Waals surface area contributed by atoms with E-state index in [1.807, 2.05) is 60.7 Å². The first-order valence-corrected chi connectivity index (χ1v) is 16.4. The lowest BCUT2D eigenvalue weighted by Gasteiger charge is -2.33. The molecule has 0 aliphatic carbocycles. The van der Waals surface area contributed by atoms with Gasteiger partial charge in [0, 0.05) is 32.7 Å². The molecule has 1 aliphatic heterocycles. The van der Waals surface area contributed by atoms with Crippen LogP contribution >= 0.6 is 0 Å². The number of carboxylic acids is 1. The highest BCUT2D eigenvalue weighted by Gasteiger charge is 2.23. The smallest absolute Gasteiger partial charge is 0.337 e.